The van der Waals surface area contributed by atoms with Gasteiger partial charge in [-0.05, 0) is 58.1 Å². The quantitative estimate of drug-likeness (QED) is 0.229. The number of guanidine groups is 1. The number of nitrogens with one attached hydrogen (secondary N) is 2. The van der Waals surface area contributed by atoms with E-state index >= 15 is 0 Å². The van der Waals surface area contributed by atoms with Gasteiger partial charge in [0.2, 0.25) is 0 Å². The van der Waals surface area contributed by atoms with Gasteiger partial charge in [-0.1, -0.05) is 24.1 Å². The predicted molar refractivity (Wildman–Crippen MR) is 147 cm³/mol. The molecule has 1 unspecified atom stereocenters. The monoisotopic (exact) mass is 565 g/mol. The van der Waals surface area contributed by atoms with Crippen molar-refractivity contribution in [2.75, 3.05) is 31.1 Å². The number of aromatic nitrogens is 3. The average Bonchev–Trinajstić information content (AvgIpc) is 3.03. The van der Waals surface area contributed by atoms with Gasteiger partial charge in [0, 0.05) is 57.3 Å². The van der Waals surface area contributed by atoms with Gasteiger partial charge in [-0.2, -0.15) is 0 Å². The molecular weight excluding hydrogens is 525 g/mol. The molecule has 2 N–H and O–H groups in total. The van der Waals surface area contributed by atoms with E-state index < -0.39 is 0 Å². The van der Waals surface area contributed by atoms with Gasteiger partial charge in [0.25, 0.3) is 0 Å². The van der Waals surface area contributed by atoms with Crippen molar-refractivity contribution in [3.8, 4) is 0 Å². The number of rotatable bonds is 7. The Morgan fingerprint density at radius 1 is 1.09 bits per heavy atom. The molecule has 4 rings (SSSR count). The molecule has 0 spiro atoms. The summed E-state index contributed by atoms with van der Waals surface area (Å²) in [6.07, 6.45) is 9.17. The summed E-state index contributed by atoms with van der Waals surface area (Å²) in [5.74, 6) is 3.24. The molecule has 0 radical (unpaired) electrons. The summed E-state index contributed by atoms with van der Waals surface area (Å²) >= 11 is 0. The average molecular weight is 566 g/mol. The minimum absolute atomic E-state index is 0. The van der Waals surface area contributed by atoms with E-state index in [1.807, 2.05) is 0 Å². The minimum atomic E-state index is 0. The van der Waals surface area contributed by atoms with E-state index in [0.717, 1.165) is 63.8 Å². The van der Waals surface area contributed by atoms with E-state index in [1.165, 1.54) is 49.2 Å². The number of piperidine rings is 1. The van der Waals surface area contributed by atoms with Crippen molar-refractivity contribution < 1.29 is 0 Å². The fourth-order valence-electron chi connectivity index (χ4n) is 4.76. The second kappa shape index (κ2) is 13.2. The molecule has 1 atom stereocenters. The summed E-state index contributed by atoms with van der Waals surface area (Å²) in [6, 6.07) is 9.29. The van der Waals surface area contributed by atoms with Gasteiger partial charge in [-0.15, -0.1) is 34.2 Å². The minimum Gasteiger partial charge on any atom is -0.369 e. The van der Waals surface area contributed by atoms with Gasteiger partial charge in [0.1, 0.15) is 11.6 Å². The second-order valence-electron chi connectivity index (χ2n) is 9.12. The van der Waals surface area contributed by atoms with Crippen LogP contribution >= 0.6 is 24.0 Å². The Morgan fingerprint density at radius 3 is 2.76 bits per heavy atom. The summed E-state index contributed by atoms with van der Waals surface area (Å²) in [4.78, 5) is 7.35. The topological polar surface area (TPSA) is 70.4 Å². The maximum atomic E-state index is 4.87. The number of fused-ring (bicyclic) bond motifs is 1. The lowest BCUT2D eigenvalue weighted by Gasteiger charge is -2.35. The molecule has 1 aromatic carbocycles. The number of aryl methyl sites for hydroxylation is 3. The number of hydrogen-bond donors (Lipinski definition) is 2. The lowest BCUT2D eigenvalue weighted by atomic mass is 10.0. The van der Waals surface area contributed by atoms with Crippen LogP contribution < -0.4 is 15.5 Å². The smallest absolute Gasteiger partial charge is 0.191 e. The molecule has 7 nitrogen and oxygen atoms in total. The maximum absolute atomic E-state index is 4.87. The van der Waals surface area contributed by atoms with Crippen molar-refractivity contribution in [1.29, 1.82) is 0 Å². The molecule has 2 aliphatic heterocycles. The summed E-state index contributed by atoms with van der Waals surface area (Å²) in [7, 11) is 0. The molecule has 182 valence electrons. The third-order valence-electron chi connectivity index (χ3n) is 6.52. The number of halogens is 1. The molecule has 0 amide bonds. The van der Waals surface area contributed by atoms with Gasteiger partial charge < -0.3 is 20.1 Å². The molecular formula is C25H40IN7. The number of nitrogens with zero attached hydrogens (tertiary/aromatic N) is 5. The van der Waals surface area contributed by atoms with Crippen LogP contribution in [0.25, 0.3) is 0 Å². The summed E-state index contributed by atoms with van der Waals surface area (Å²) in [5, 5.41) is 16.0. The number of hydrogen-bond acceptors (Lipinski definition) is 4. The molecule has 0 saturated carbocycles. The highest BCUT2D eigenvalue weighted by Crippen LogP contribution is 2.20. The van der Waals surface area contributed by atoms with E-state index in [0.29, 0.717) is 6.04 Å². The van der Waals surface area contributed by atoms with Crippen LogP contribution in [0.5, 0.6) is 0 Å². The van der Waals surface area contributed by atoms with Gasteiger partial charge in [-0.25, -0.2) is 0 Å². The molecule has 1 saturated heterocycles. The Labute approximate surface area is 215 Å². The highest BCUT2D eigenvalue weighted by Gasteiger charge is 2.21. The largest absolute Gasteiger partial charge is 0.369 e. The lowest BCUT2D eigenvalue weighted by molar-refractivity contribution is 0.468. The molecule has 2 aromatic rings. The van der Waals surface area contributed by atoms with E-state index in [-0.39, 0.29) is 24.0 Å². The molecule has 0 aliphatic carbocycles. The van der Waals surface area contributed by atoms with E-state index in [4.69, 9.17) is 4.99 Å². The third kappa shape index (κ3) is 7.32. The van der Waals surface area contributed by atoms with Gasteiger partial charge in [0.05, 0.1) is 0 Å². The standard InChI is InChI=1S/C25H39N7.HI/c1-3-26-25(27-16-7-11-24-30-29-23-10-5-4-6-18-32(23)24)28-21-9-8-17-31(19-21)22-14-12-20(2)13-15-22;/h12-15,21H,3-11,16-19H2,1-2H3,(H2,26,27,28);1H. The van der Waals surface area contributed by atoms with E-state index in [9.17, 15) is 0 Å². The van der Waals surface area contributed by atoms with Crippen molar-refractivity contribution in [3.63, 3.8) is 0 Å². The zero-order chi connectivity index (χ0) is 22.2. The first-order chi connectivity index (χ1) is 15.7. The van der Waals surface area contributed by atoms with Gasteiger partial charge in [-0.3, -0.25) is 4.99 Å². The molecule has 33 heavy (non-hydrogen) atoms. The summed E-state index contributed by atoms with van der Waals surface area (Å²) in [5.41, 5.74) is 2.63. The van der Waals surface area contributed by atoms with Crippen molar-refractivity contribution in [2.45, 2.75) is 77.8 Å². The second-order valence-corrected chi connectivity index (χ2v) is 9.12. The fraction of sp³-hybridized carbons (Fsp3) is 0.640. The highest BCUT2D eigenvalue weighted by atomic mass is 127. The van der Waals surface area contributed by atoms with Gasteiger partial charge >= 0.3 is 0 Å². The van der Waals surface area contributed by atoms with Crippen LogP contribution in [0.1, 0.15) is 62.7 Å². The molecule has 8 heteroatoms. The molecule has 3 heterocycles. The van der Waals surface area contributed by atoms with Crippen LogP contribution in [0.2, 0.25) is 0 Å². The molecule has 2 aliphatic rings. The van der Waals surface area contributed by atoms with Crippen LogP contribution in [0.3, 0.4) is 0 Å². The van der Waals surface area contributed by atoms with Crippen LogP contribution in [0, 0.1) is 6.92 Å². The SMILES string of the molecule is CCNC(=NCCCc1nnc2n1CCCCC2)NC1CCCN(c2ccc(C)cc2)C1.I. The van der Waals surface area contributed by atoms with Crippen molar-refractivity contribution >= 4 is 35.6 Å². The summed E-state index contributed by atoms with van der Waals surface area (Å²) < 4.78 is 2.35. The van der Waals surface area contributed by atoms with Crippen LogP contribution in [-0.4, -0.2) is 52.9 Å². The van der Waals surface area contributed by atoms with E-state index in [2.05, 4.69) is 68.4 Å². The number of aliphatic imine (C=N–C) groups is 1. The van der Waals surface area contributed by atoms with Crippen LogP contribution in [-0.2, 0) is 19.4 Å². The zero-order valence-corrected chi connectivity index (χ0v) is 22.6. The predicted octanol–water partition coefficient (Wildman–Crippen LogP) is 4.09. The number of benzene rings is 1. The fourth-order valence-corrected chi connectivity index (χ4v) is 4.76. The first-order valence-electron chi connectivity index (χ1n) is 12.5. The van der Waals surface area contributed by atoms with Gasteiger partial charge in [0.15, 0.2) is 5.96 Å². The van der Waals surface area contributed by atoms with Crippen molar-refractivity contribution in [1.82, 2.24) is 25.4 Å². The first-order valence-corrected chi connectivity index (χ1v) is 12.5. The summed E-state index contributed by atoms with van der Waals surface area (Å²) in [6.45, 7) is 9.15. The number of anilines is 1. The maximum Gasteiger partial charge on any atom is 0.191 e. The van der Waals surface area contributed by atoms with E-state index in [1.54, 1.807) is 0 Å². The Morgan fingerprint density at radius 2 is 1.94 bits per heavy atom. The normalized spacial score (nSPS) is 18.8. The Bertz CT molecular complexity index is 877. The van der Waals surface area contributed by atoms with Crippen LogP contribution in [0.4, 0.5) is 5.69 Å². The highest BCUT2D eigenvalue weighted by molar-refractivity contribution is 14.0. The van der Waals surface area contributed by atoms with Crippen molar-refractivity contribution in [2.24, 2.45) is 4.99 Å². The third-order valence-corrected chi connectivity index (χ3v) is 6.52. The zero-order valence-electron chi connectivity index (χ0n) is 20.2. The van der Waals surface area contributed by atoms with Crippen LogP contribution in [0.15, 0.2) is 29.3 Å². The first kappa shape index (κ1) is 25.8. The Balaban J connectivity index is 0.00000306. The molecule has 1 aromatic heterocycles. The Kier molecular flexibility index (Phi) is 10.3. The lowest BCUT2D eigenvalue weighted by Crippen LogP contribution is -2.51. The Hall–Kier alpha value is -1.84. The molecule has 1 fully saturated rings. The molecule has 0 bridgehead atoms. The van der Waals surface area contributed by atoms with Crippen molar-refractivity contribution in [3.05, 3.63) is 41.5 Å².